The minimum absolute atomic E-state index is 0.249. The van der Waals surface area contributed by atoms with Gasteiger partial charge in [-0.3, -0.25) is 9.48 Å². The van der Waals surface area contributed by atoms with E-state index in [1.165, 1.54) is 18.5 Å². The summed E-state index contributed by atoms with van der Waals surface area (Å²) in [6, 6.07) is 2.30. The van der Waals surface area contributed by atoms with Crippen LogP contribution in [0, 0.1) is 5.92 Å². The van der Waals surface area contributed by atoms with Gasteiger partial charge in [0.25, 0.3) is 0 Å². The van der Waals surface area contributed by atoms with E-state index in [0.717, 1.165) is 32.2 Å². The van der Waals surface area contributed by atoms with E-state index in [0.29, 0.717) is 11.8 Å². The standard InChI is InChI=1S/C14H21N3O/c1-16-12(8-9-15-16)13-7-2-3-10-17(13)14(18)11-5-4-6-11/h8-9,11,13H,2-7,10H2,1H3. The second-order valence-electron chi connectivity index (χ2n) is 5.55. The summed E-state index contributed by atoms with van der Waals surface area (Å²) in [4.78, 5) is 14.6. The lowest BCUT2D eigenvalue weighted by Gasteiger charge is -2.39. The second-order valence-corrected chi connectivity index (χ2v) is 5.55. The first-order chi connectivity index (χ1) is 8.77. The Morgan fingerprint density at radius 2 is 2.11 bits per heavy atom. The maximum Gasteiger partial charge on any atom is 0.226 e. The minimum atomic E-state index is 0.249. The molecule has 1 aromatic rings. The predicted molar refractivity (Wildman–Crippen MR) is 68.9 cm³/mol. The van der Waals surface area contributed by atoms with E-state index >= 15 is 0 Å². The molecular weight excluding hydrogens is 226 g/mol. The number of hydrogen-bond acceptors (Lipinski definition) is 2. The lowest BCUT2D eigenvalue weighted by atomic mass is 9.83. The van der Waals surface area contributed by atoms with Crippen molar-refractivity contribution in [3.63, 3.8) is 0 Å². The van der Waals surface area contributed by atoms with Crippen LogP contribution in [0.1, 0.15) is 50.3 Å². The SMILES string of the molecule is Cn1nccc1C1CCCCN1C(=O)C1CCC1. The first kappa shape index (κ1) is 11.8. The maximum atomic E-state index is 12.5. The molecule has 98 valence electrons. The molecule has 1 unspecified atom stereocenters. The van der Waals surface area contributed by atoms with Crippen molar-refractivity contribution in [2.45, 2.75) is 44.6 Å². The molecule has 2 fully saturated rings. The Bertz CT molecular complexity index is 436. The molecule has 1 aromatic heterocycles. The van der Waals surface area contributed by atoms with Crippen LogP contribution in [-0.4, -0.2) is 27.1 Å². The normalized spacial score (nSPS) is 24.9. The predicted octanol–water partition coefficient (Wildman–Crippen LogP) is 2.27. The van der Waals surface area contributed by atoms with Crippen molar-refractivity contribution in [3.05, 3.63) is 18.0 Å². The quantitative estimate of drug-likeness (QED) is 0.804. The van der Waals surface area contributed by atoms with Crippen molar-refractivity contribution < 1.29 is 4.79 Å². The molecule has 0 radical (unpaired) electrons. The average molecular weight is 247 g/mol. The Morgan fingerprint density at radius 3 is 2.72 bits per heavy atom. The van der Waals surface area contributed by atoms with E-state index in [-0.39, 0.29) is 6.04 Å². The fraction of sp³-hybridized carbons (Fsp3) is 0.714. The molecule has 0 spiro atoms. The monoisotopic (exact) mass is 247 g/mol. The summed E-state index contributed by atoms with van der Waals surface area (Å²) < 4.78 is 1.91. The van der Waals surface area contributed by atoms with Gasteiger partial charge in [-0.15, -0.1) is 0 Å². The zero-order chi connectivity index (χ0) is 12.5. The molecule has 4 nitrogen and oxygen atoms in total. The number of carbonyl (C=O) groups is 1. The van der Waals surface area contributed by atoms with E-state index < -0.39 is 0 Å². The van der Waals surface area contributed by atoms with Gasteiger partial charge in [-0.1, -0.05) is 6.42 Å². The first-order valence-electron chi connectivity index (χ1n) is 7.06. The number of rotatable bonds is 2. The van der Waals surface area contributed by atoms with Gasteiger partial charge >= 0.3 is 0 Å². The number of amides is 1. The van der Waals surface area contributed by atoms with E-state index in [1.54, 1.807) is 0 Å². The third-order valence-electron chi connectivity index (χ3n) is 4.44. The van der Waals surface area contributed by atoms with E-state index in [1.807, 2.05) is 17.9 Å². The number of hydrogen-bond donors (Lipinski definition) is 0. The Kier molecular flexibility index (Phi) is 3.10. The molecule has 0 aromatic carbocycles. The molecule has 1 atom stereocenters. The summed E-state index contributed by atoms with van der Waals surface area (Å²) >= 11 is 0. The number of likely N-dealkylation sites (tertiary alicyclic amines) is 1. The maximum absolute atomic E-state index is 12.5. The van der Waals surface area contributed by atoms with E-state index in [2.05, 4.69) is 16.1 Å². The summed E-state index contributed by atoms with van der Waals surface area (Å²) in [5.74, 6) is 0.686. The molecule has 1 amide bonds. The van der Waals surface area contributed by atoms with Gasteiger partial charge in [-0.2, -0.15) is 5.10 Å². The topological polar surface area (TPSA) is 38.1 Å². The summed E-state index contributed by atoms with van der Waals surface area (Å²) in [6.07, 6.45) is 8.67. The number of aryl methyl sites for hydroxylation is 1. The fourth-order valence-corrected chi connectivity index (χ4v) is 3.10. The van der Waals surface area contributed by atoms with Crippen LogP contribution in [0.5, 0.6) is 0 Å². The summed E-state index contributed by atoms with van der Waals surface area (Å²) in [7, 11) is 1.97. The van der Waals surface area contributed by atoms with E-state index in [4.69, 9.17) is 0 Å². The van der Waals surface area contributed by atoms with Crippen LogP contribution < -0.4 is 0 Å². The second kappa shape index (κ2) is 4.75. The van der Waals surface area contributed by atoms with Crippen LogP contribution in [-0.2, 0) is 11.8 Å². The van der Waals surface area contributed by atoms with E-state index in [9.17, 15) is 4.79 Å². The number of aromatic nitrogens is 2. The van der Waals surface area contributed by atoms with Crippen LogP contribution in [0.4, 0.5) is 0 Å². The van der Waals surface area contributed by atoms with Crippen molar-refractivity contribution in [2.24, 2.45) is 13.0 Å². The van der Waals surface area contributed by atoms with Gasteiger partial charge in [-0.25, -0.2) is 0 Å². The van der Waals surface area contributed by atoms with Gasteiger partial charge in [-0.05, 0) is 38.2 Å². The summed E-state index contributed by atoms with van der Waals surface area (Å²) in [5, 5.41) is 4.24. The highest BCUT2D eigenvalue weighted by atomic mass is 16.2. The number of nitrogens with zero attached hydrogens (tertiary/aromatic N) is 3. The van der Waals surface area contributed by atoms with Crippen LogP contribution in [0.3, 0.4) is 0 Å². The van der Waals surface area contributed by atoms with Gasteiger partial charge in [0.2, 0.25) is 5.91 Å². The molecule has 2 heterocycles. The Morgan fingerprint density at radius 1 is 1.28 bits per heavy atom. The highest BCUT2D eigenvalue weighted by molar-refractivity contribution is 5.80. The van der Waals surface area contributed by atoms with Crippen molar-refractivity contribution >= 4 is 5.91 Å². The van der Waals surface area contributed by atoms with Crippen molar-refractivity contribution in [3.8, 4) is 0 Å². The molecule has 3 rings (SSSR count). The van der Waals surface area contributed by atoms with Crippen LogP contribution in [0.2, 0.25) is 0 Å². The lowest BCUT2D eigenvalue weighted by molar-refractivity contribution is -0.142. The van der Waals surface area contributed by atoms with Crippen LogP contribution in [0.15, 0.2) is 12.3 Å². The average Bonchev–Trinajstić information content (AvgIpc) is 2.73. The summed E-state index contributed by atoms with van der Waals surface area (Å²) in [6.45, 7) is 0.922. The molecule has 2 aliphatic rings. The molecule has 1 aliphatic carbocycles. The van der Waals surface area contributed by atoms with Crippen molar-refractivity contribution in [1.82, 2.24) is 14.7 Å². The lowest BCUT2D eigenvalue weighted by Crippen LogP contribution is -2.44. The molecule has 0 N–H and O–H groups in total. The molecule has 4 heteroatoms. The molecule has 18 heavy (non-hydrogen) atoms. The van der Waals surface area contributed by atoms with Crippen molar-refractivity contribution in [1.29, 1.82) is 0 Å². The Hall–Kier alpha value is -1.32. The van der Waals surface area contributed by atoms with Gasteiger partial charge < -0.3 is 4.90 Å². The van der Waals surface area contributed by atoms with Crippen molar-refractivity contribution in [2.75, 3.05) is 6.54 Å². The van der Waals surface area contributed by atoms with Gasteiger partial charge in [0.15, 0.2) is 0 Å². The molecule has 1 saturated carbocycles. The minimum Gasteiger partial charge on any atom is -0.334 e. The smallest absolute Gasteiger partial charge is 0.226 e. The third kappa shape index (κ3) is 1.93. The Labute approximate surface area is 108 Å². The largest absolute Gasteiger partial charge is 0.334 e. The van der Waals surface area contributed by atoms with Crippen LogP contribution >= 0.6 is 0 Å². The van der Waals surface area contributed by atoms with Gasteiger partial charge in [0.1, 0.15) is 0 Å². The highest BCUT2D eigenvalue weighted by Crippen LogP contribution is 2.35. The molecule has 0 bridgehead atoms. The fourth-order valence-electron chi connectivity index (χ4n) is 3.10. The molecule has 1 saturated heterocycles. The van der Waals surface area contributed by atoms with Crippen LogP contribution in [0.25, 0.3) is 0 Å². The first-order valence-corrected chi connectivity index (χ1v) is 7.06. The third-order valence-corrected chi connectivity index (χ3v) is 4.44. The van der Waals surface area contributed by atoms with Gasteiger partial charge in [0.05, 0.1) is 11.7 Å². The summed E-state index contributed by atoms with van der Waals surface area (Å²) in [5.41, 5.74) is 1.18. The number of piperidine rings is 1. The zero-order valence-electron chi connectivity index (χ0n) is 11.0. The zero-order valence-corrected chi connectivity index (χ0v) is 11.0. The highest BCUT2D eigenvalue weighted by Gasteiger charge is 2.35. The molecular formula is C14H21N3O. The van der Waals surface area contributed by atoms with Gasteiger partial charge in [0, 0.05) is 25.7 Å². The molecule has 1 aliphatic heterocycles. The Balaban J connectivity index is 1.81. The number of carbonyl (C=O) groups excluding carboxylic acids is 1.